The number of amides is 1. The number of carbonyl (C=O) groups is 1. The Morgan fingerprint density at radius 3 is 2.61 bits per heavy atom. The van der Waals surface area contributed by atoms with E-state index in [1.54, 1.807) is 18.4 Å². The van der Waals surface area contributed by atoms with Crippen molar-refractivity contribution >= 4 is 22.4 Å². The molecule has 0 N–H and O–H groups in total. The molecule has 0 radical (unpaired) electrons. The Balaban J connectivity index is 1.44. The van der Waals surface area contributed by atoms with Crippen LogP contribution < -0.4 is 10.5 Å². The normalized spacial score (nSPS) is 19.2. The first-order chi connectivity index (χ1) is 13.4. The van der Waals surface area contributed by atoms with Gasteiger partial charge in [-0.1, -0.05) is 0 Å². The minimum atomic E-state index is -0.313. The van der Waals surface area contributed by atoms with Gasteiger partial charge in [0.05, 0.1) is 24.4 Å². The van der Waals surface area contributed by atoms with Gasteiger partial charge in [-0.15, -0.1) is 11.3 Å². The number of ether oxygens (including phenoxy) is 1. The molecule has 2 aromatic rings. The van der Waals surface area contributed by atoms with Crippen LogP contribution in [-0.2, 0) is 11.8 Å². The largest absolute Gasteiger partial charge is 0.371 e. The summed E-state index contributed by atoms with van der Waals surface area (Å²) in [6.07, 6.45) is 1.71. The molecule has 8 nitrogen and oxygen atoms in total. The van der Waals surface area contributed by atoms with Gasteiger partial charge in [0.15, 0.2) is 5.13 Å². The second-order valence-corrected chi connectivity index (χ2v) is 8.75. The molecular weight excluding hydrogens is 378 g/mol. The van der Waals surface area contributed by atoms with E-state index in [0.29, 0.717) is 25.4 Å². The Morgan fingerprint density at radius 2 is 1.96 bits per heavy atom. The molecule has 2 aliphatic heterocycles. The maximum Gasteiger partial charge on any atom is 0.274 e. The van der Waals surface area contributed by atoms with E-state index in [-0.39, 0.29) is 17.1 Å². The van der Waals surface area contributed by atoms with E-state index in [4.69, 9.17) is 4.74 Å². The number of thiazole rings is 1. The number of nitrogens with zero attached hydrogens (tertiary/aromatic N) is 5. The molecule has 2 aromatic heterocycles. The van der Waals surface area contributed by atoms with Crippen molar-refractivity contribution in [3.63, 3.8) is 0 Å². The first kappa shape index (κ1) is 19.1. The van der Waals surface area contributed by atoms with Gasteiger partial charge in [0, 0.05) is 37.6 Å². The molecule has 0 aromatic carbocycles. The summed E-state index contributed by atoms with van der Waals surface area (Å²) < 4.78 is 7.36. The van der Waals surface area contributed by atoms with Crippen molar-refractivity contribution in [3.8, 4) is 0 Å². The van der Waals surface area contributed by atoms with E-state index in [9.17, 15) is 9.59 Å². The van der Waals surface area contributed by atoms with Crippen LogP contribution in [0.25, 0.3) is 0 Å². The third-order valence-electron chi connectivity index (χ3n) is 5.68. The van der Waals surface area contributed by atoms with Crippen LogP contribution in [0.4, 0.5) is 5.13 Å². The summed E-state index contributed by atoms with van der Waals surface area (Å²) in [5, 5.41) is 5.17. The van der Waals surface area contributed by atoms with Crippen molar-refractivity contribution in [2.24, 2.45) is 7.05 Å². The van der Waals surface area contributed by atoms with Crippen LogP contribution in [0.15, 0.2) is 16.9 Å². The first-order valence-electron chi connectivity index (χ1n) is 9.53. The van der Waals surface area contributed by atoms with Gasteiger partial charge in [-0.25, -0.2) is 9.67 Å². The number of hydrogen-bond acceptors (Lipinski definition) is 7. The van der Waals surface area contributed by atoms with Crippen LogP contribution in [0.3, 0.4) is 0 Å². The Hall–Kier alpha value is -2.26. The summed E-state index contributed by atoms with van der Waals surface area (Å²) in [6, 6.07) is 2.88. The molecular formula is C19H25N5O3S. The highest BCUT2D eigenvalue weighted by Gasteiger charge is 2.41. The van der Waals surface area contributed by atoms with Crippen molar-refractivity contribution in [3.05, 3.63) is 38.8 Å². The van der Waals surface area contributed by atoms with Crippen molar-refractivity contribution in [1.82, 2.24) is 19.7 Å². The van der Waals surface area contributed by atoms with E-state index < -0.39 is 0 Å². The Labute approximate surface area is 167 Å². The fourth-order valence-electron chi connectivity index (χ4n) is 3.80. The van der Waals surface area contributed by atoms with Gasteiger partial charge in [-0.3, -0.25) is 9.59 Å². The van der Waals surface area contributed by atoms with Gasteiger partial charge >= 0.3 is 0 Å². The third-order valence-corrected chi connectivity index (χ3v) is 6.81. The van der Waals surface area contributed by atoms with Crippen LogP contribution in [0.2, 0.25) is 0 Å². The fourth-order valence-corrected chi connectivity index (χ4v) is 4.76. The average molecular weight is 404 g/mol. The zero-order valence-corrected chi connectivity index (χ0v) is 17.3. The molecule has 9 heteroatoms. The highest BCUT2D eigenvalue weighted by atomic mass is 32.1. The quantitative estimate of drug-likeness (QED) is 0.753. The van der Waals surface area contributed by atoms with Gasteiger partial charge in [0.25, 0.3) is 11.5 Å². The van der Waals surface area contributed by atoms with Crippen LogP contribution >= 0.6 is 11.3 Å². The third kappa shape index (κ3) is 3.56. The molecule has 2 saturated heterocycles. The zero-order chi connectivity index (χ0) is 19.9. The Kier molecular flexibility index (Phi) is 4.96. The van der Waals surface area contributed by atoms with Crippen molar-refractivity contribution < 1.29 is 9.53 Å². The van der Waals surface area contributed by atoms with Crippen molar-refractivity contribution in [1.29, 1.82) is 0 Å². The standard InChI is InChI=1S/C19H25N5O3S/c1-13-14(2)28-18(20-13)23-8-6-19(7-9-23)12-24(10-11-27-19)17(26)15-4-5-16(25)22(3)21-15/h4-5H,6-12H2,1-3H3. The molecule has 1 spiro atoms. The maximum atomic E-state index is 12.9. The monoisotopic (exact) mass is 403 g/mol. The summed E-state index contributed by atoms with van der Waals surface area (Å²) in [6.45, 7) is 7.50. The van der Waals surface area contributed by atoms with E-state index >= 15 is 0 Å². The predicted molar refractivity (Wildman–Crippen MR) is 107 cm³/mol. The number of hydrogen-bond donors (Lipinski definition) is 0. The minimum absolute atomic E-state index is 0.146. The molecule has 1 amide bonds. The minimum Gasteiger partial charge on any atom is -0.371 e. The lowest BCUT2D eigenvalue weighted by Gasteiger charge is -2.47. The van der Waals surface area contributed by atoms with Crippen LogP contribution in [0, 0.1) is 13.8 Å². The first-order valence-corrected chi connectivity index (χ1v) is 10.4. The van der Waals surface area contributed by atoms with Gasteiger partial charge < -0.3 is 14.5 Å². The number of aryl methyl sites for hydroxylation is 3. The molecule has 0 saturated carbocycles. The van der Waals surface area contributed by atoms with Crippen LogP contribution in [-0.4, -0.2) is 64.0 Å². The lowest BCUT2D eigenvalue weighted by molar-refractivity contribution is -0.111. The summed E-state index contributed by atoms with van der Waals surface area (Å²) in [4.78, 5) is 34.5. The second kappa shape index (κ2) is 7.29. The summed E-state index contributed by atoms with van der Waals surface area (Å²) in [5.74, 6) is -0.146. The van der Waals surface area contributed by atoms with E-state index in [1.807, 2.05) is 11.8 Å². The number of morpholine rings is 1. The molecule has 0 unspecified atom stereocenters. The predicted octanol–water partition coefficient (Wildman–Crippen LogP) is 1.37. The molecule has 4 heterocycles. The molecule has 0 bridgehead atoms. The summed E-state index contributed by atoms with van der Waals surface area (Å²) in [7, 11) is 1.55. The van der Waals surface area contributed by atoms with E-state index in [0.717, 1.165) is 36.8 Å². The SMILES string of the molecule is Cc1nc(N2CCC3(CC2)CN(C(=O)c2ccc(=O)n(C)n2)CCO3)sc1C. The van der Waals surface area contributed by atoms with Crippen LogP contribution in [0.1, 0.15) is 33.9 Å². The van der Waals surface area contributed by atoms with Gasteiger partial charge in [0.1, 0.15) is 5.69 Å². The number of piperidine rings is 1. The van der Waals surface area contributed by atoms with E-state index in [1.165, 1.54) is 21.7 Å². The molecule has 4 rings (SSSR count). The average Bonchev–Trinajstić information content (AvgIpc) is 3.02. The molecule has 0 atom stereocenters. The lowest BCUT2D eigenvalue weighted by atomic mass is 9.89. The maximum absolute atomic E-state index is 12.9. The highest BCUT2D eigenvalue weighted by Crippen LogP contribution is 2.34. The Morgan fingerprint density at radius 1 is 1.21 bits per heavy atom. The summed E-state index contributed by atoms with van der Waals surface area (Å²) >= 11 is 1.73. The number of aromatic nitrogens is 3. The zero-order valence-electron chi connectivity index (χ0n) is 16.5. The topological polar surface area (TPSA) is 80.6 Å². The molecule has 2 fully saturated rings. The second-order valence-electron chi connectivity index (χ2n) is 7.56. The summed E-state index contributed by atoms with van der Waals surface area (Å²) in [5.41, 5.74) is 0.850. The highest BCUT2D eigenvalue weighted by molar-refractivity contribution is 7.15. The number of anilines is 1. The number of rotatable bonds is 2. The molecule has 28 heavy (non-hydrogen) atoms. The fraction of sp³-hybridized carbons (Fsp3) is 0.579. The van der Waals surface area contributed by atoms with Crippen molar-refractivity contribution in [2.45, 2.75) is 32.3 Å². The smallest absolute Gasteiger partial charge is 0.274 e. The van der Waals surface area contributed by atoms with Gasteiger partial charge in [-0.2, -0.15) is 5.10 Å². The lowest BCUT2D eigenvalue weighted by Crippen LogP contribution is -2.58. The number of carbonyl (C=O) groups excluding carboxylic acids is 1. The molecule has 0 aliphatic carbocycles. The van der Waals surface area contributed by atoms with E-state index in [2.05, 4.69) is 21.9 Å². The molecule has 2 aliphatic rings. The van der Waals surface area contributed by atoms with Crippen LogP contribution in [0.5, 0.6) is 0 Å². The van der Waals surface area contributed by atoms with Gasteiger partial charge in [0.2, 0.25) is 0 Å². The molecule has 150 valence electrons. The van der Waals surface area contributed by atoms with Gasteiger partial charge in [-0.05, 0) is 32.8 Å². The van der Waals surface area contributed by atoms with Crippen molar-refractivity contribution in [2.75, 3.05) is 37.7 Å². The Bertz CT molecular complexity index is 926.